The van der Waals surface area contributed by atoms with Crippen LogP contribution in [0.3, 0.4) is 0 Å². The van der Waals surface area contributed by atoms with E-state index in [2.05, 4.69) is 5.32 Å². The molecule has 0 unspecified atom stereocenters. The molecule has 0 aliphatic heterocycles. The Bertz CT molecular complexity index is 369. The van der Waals surface area contributed by atoms with Crippen molar-refractivity contribution >= 4 is 17.5 Å². The number of amides is 1. The number of rotatable bonds is 5. The third kappa shape index (κ3) is 3.40. The molecule has 3 N–H and O–H groups in total. The molecule has 0 saturated carbocycles. The molecule has 1 rings (SSSR count). The summed E-state index contributed by atoms with van der Waals surface area (Å²) < 4.78 is 5.37. The summed E-state index contributed by atoms with van der Waals surface area (Å²) in [6.45, 7) is 0.467. The van der Waals surface area contributed by atoms with Gasteiger partial charge in [0, 0.05) is 7.05 Å². The minimum Gasteiger partial charge on any atom is -0.482 e. The molecule has 0 radical (unpaired) electrons. The summed E-state index contributed by atoms with van der Waals surface area (Å²) in [5.74, 6) is 0.344. The van der Waals surface area contributed by atoms with Crippen molar-refractivity contribution in [2.45, 2.75) is 6.42 Å². The van der Waals surface area contributed by atoms with Crippen molar-refractivity contribution in [3.63, 3.8) is 0 Å². The molecule has 0 saturated heterocycles. The number of halogens is 1. The predicted molar refractivity (Wildman–Crippen MR) is 63.8 cm³/mol. The van der Waals surface area contributed by atoms with Gasteiger partial charge in [-0.05, 0) is 24.6 Å². The summed E-state index contributed by atoms with van der Waals surface area (Å²) >= 11 is 5.99. The standard InChI is InChI=1S/C11H15ClN2O2/c1-14-10(15)7-16-11-8(5-6-13)3-2-4-9(11)12/h2-4H,5-7,13H2,1H3,(H,14,15). The molecular formula is C11H15ClN2O2. The lowest BCUT2D eigenvalue weighted by Crippen LogP contribution is -2.25. The Morgan fingerprint density at radius 2 is 2.31 bits per heavy atom. The molecule has 88 valence electrons. The monoisotopic (exact) mass is 242 g/mol. The molecule has 1 amide bonds. The van der Waals surface area contributed by atoms with Gasteiger partial charge in [0.15, 0.2) is 6.61 Å². The van der Waals surface area contributed by atoms with Crippen LogP contribution in [0.2, 0.25) is 5.02 Å². The molecule has 0 fully saturated rings. The molecule has 0 aliphatic carbocycles. The molecule has 0 aromatic heterocycles. The van der Waals surface area contributed by atoms with Gasteiger partial charge in [-0.15, -0.1) is 0 Å². The van der Waals surface area contributed by atoms with Crippen LogP contribution in [0.1, 0.15) is 5.56 Å². The maximum absolute atomic E-state index is 11.1. The molecule has 4 nitrogen and oxygen atoms in total. The highest BCUT2D eigenvalue weighted by Gasteiger charge is 2.09. The van der Waals surface area contributed by atoms with E-state index in [0.717, 1.165) is 5.56 Å². The topological polar surface area (TPSA) is 64.3 Å². The van der Waals surface area contributed by atoms with Gasteiger partial charge in [0.25, 0.3) is 5.91 Å². The maximum Gasteiger partial charge on any atom is 0.257 e. The second-order valence-corrected chi connectivity index (χ2v) is 3.64. The van der Waals surface area contributed by atoms with Gasteiger partial charge in [-0.3, -0.25) is 4.79 Å². The smallest absolute Gasteiger partial charge is 0.257 e. The summed E-state index contributed by atoms with van der Waals surface area (Å²) in [4.78, 5) is 11.1. The minimum absolute atomic E-state index is 0.0438. The van der Waals surface area contributed by atoms with Crippen LogP contribution < -0.4 is 15.8 Å². The van der Waals surface area contributed by atoms with Crippen molar-refractivity contribution in [1.82, 2.24) is 5.32 Å². The SMILES string of the molecule is CNC(=O)COc1c(Cl)cccc1CCN. The summed E-state index contributed by atoms with van der Waals surface area (Å²) in [5, 5.41) is 2.97. The largest absolute Gasteiger partial charge is 0.482 e. The molecule has 1 aromatic carbocycles. The number of hydrogen-bond donors (Lipinski definition) is 2. The zero-order valence-electron chi connectivity index (χ0n) is 9.13. The Morgan fingerprint density at radius 1 is 1.56 bits per heavy atom. The summed E-state index contributed by atoms with van der Waals surface area (Å²) in [5.41, 5.74) is 6.40. The number of ether oxygens (including phenoxy) is 1. The van der Waals surface area contributed by atoms with Crippen molar-refractivity contribution in [2.24, 2.45) is 5.73 Å². The van der Waals surface area contributed by atoms with E-state index in [1.165, 1.54) is 0 Å². The fraction of sp³-hybridized carbons (Fsp3) is 0.364. The van der Waals surface area contributed by atoms with E-state index in [1.807, 2.05) is 12.1 Å². The Kier molecular flexibility index (Phi) is 5.08. The number of benzene rings is 1. The molecule has 16 heavy (non-hydrogen) atoms. The van der Waals surface area contributed by atoms with E-state index in [4.69, 9.17) is 22.1 Å². The van der Waals surface area contributed by atoms with Crippen LogP contribution in [0, 0.1) is 0 Å². The fourth-order valence-electron chi connectivity index (χ4n) is 1.28. The first kappa shape index (κ1) is 12.8. The van der Waals surface area contributed by atoms with E-state index < -0.39 is 0 Å². The Labute approximate surface area is 99.7 Å². The highest BCUT2D eigenvalue weighted by atomic mass is 35.5. The number of carbonyl (C=O) groups is 1. The normalized spacial score (nSPS) is 9.94. The lowest BCUT2D eigenvalue weighted by atomic mass is 10.1. The van der Waals surface area contributed by atoms with Gasteiger partial charge in [0.2, 0.25) is 0 Å². The number of carbonyl (C=O) groups excluding carboxylic acids is 1. The van der Waals surface area contributed by atoms with E-state index in [1.54, 1.807) is 13.1 Å². The zero-order chi connectivity index (χ0) is 12.0. The van der Waals surface area contributed by atoms with Crippen LogP contribution in [0.5, 0.6) is 5.75 Å². The Hall–Kier alpha value is -1.26. The Morgan fingerprint density at radius 3 is 2.94 bits per heavy atom. The molecule has 0 heterocycles. The van der Waals surface area contributed by atoms with E-state index in [0.29, 0.717) is 23.7 Å². The highest BCUT2D eigenvalue weighted by Crippen LogP contribution is 2.28. The van der Waals surface area contributed by atoms with Gasteiger partial charge < -0.3 is 15.8 Å². The van der Waals surface area contributed by atoms with Crippen LogP contribution in [0.4, 0.5) is 0 Å². The number of nitrogens with two attached hydrogens (primary N) is 1. The Balaban J connectivity index is 2.79. The van der Waals surface area contributed by atoms with Gasteiger partial charge in [-0.1, -0.05) is 23.7 Å². The van der Waals surface area contributed by atoms with Crippen molar-refractivity contribution in [1.29, 1.82) is 0 Å². The molecular weight excluding hydrogens is 228 g/mol. The van der Waals surface area contributed by atoms with E-state index >= 15 is 0 Å². The van der Waals surface area contributed by atoms with Crippen molar-refractivity contribution in [3.8, 4) is 5.75 Å². The van der Waals surface area contributed by atoms with Crippen molar-refractivity contribution < 1.29 is 9.53 Å². The van der Waals surface area contributed by atoms with Crippen LogP contribution in [-0.4, -0.2) is 26.1 Å². The second-order valence-electron chi connectivity index (χ2n) is 3.23. The second kappa shape index (κ2) is 6.35. The lowest BCUT2D eigenvalue weighted by Gasteiger charge is -2.11. The summed E-state index contributed by atoms with van der Waals surface area (Å²) in [7, 11) is 1.55. The number of nitrogens with one attached hydrogen (secondary N) is 1. The van der Waals surface area contributed by atoms with Crippen LogP contribution in [0.25, 0.3) is 0 Å². The summed E-state index contributed by atoms with van der Waals surface area (Å²) in [6.07, 6.45) is 0.670. The minimum atomic E-state index is -0.196. The van der Waals surface area contributed by atoms with Crippen LogP contribution in [0.15, 0.2) is 18.2 Å². The number of likely N-dealkylation sites (N-methyl/N-ethyl adjacent to an activating group) is 1. The number of para-hydroxylation sites is 1. The molecule has 0 atom stereocenters. The first-order valence-electron chi connectivity index (χ1n) is 5.00. The van der Waals surface area contributed by atoms with E-state index in [9.17, 15) is 4.79 Å². The maximum atomic E-state index is 11.1. The van der Waals surface area contributed by atoms with Gasteiger partial charge >= 0.3 is 0 Å². The van der Waals surface area contributed by atoms with Gasteiger partial charge in [0.1, 0.15) is 5.75 Å². The fourth-order valence-corrected chi connectivity index (χ4v) is 1.53. The molecule has 1 aromatic rings. The van der Waals surface area contributed by atoms with Gasteiger partial charge in [0.05, 0.1) is 5.02 Å². The summed E-state index contributed by atoms with van der Waals surface area (Å²) in [6, 6.07) is 5.44. The lowest BCUT2D eigenvalue weighted by molar-refractivity contribution is -0.122. The molecule has 0 spiro atoms. The van der Waals surface area contributed by atoms with Gasteiger partial charge in [-0.25, -0.2) is 0 Å². The van der Waals surface area contributed by atoms with Gasteiger partial charge in [-0.2, -0.15) is 0 Å². The average molecular weight is 243 g/mol. The molecule has 5 heteroatoms. The van der Waals surface area contributed by atoms with E-state index in [-0.39, 0.29) is 12.5 Å². The van der Waals surface area contributed by atoms with Crippen molar-refractivity contribution in [3.05, 3.63) is 28.8 Å². The van der Waals surface area contributed by atoms with Crippen molar-refractivity contribution in [2.75, 3.05) is 20.2 Å². The van der Waals surface area contributed by atoms with Crippen LogP contribution in [-0.2, 0) is 11.2 Å². The quantitative estimate of drug-likeness (QED) is 0.809. The number of hydrogen-bond acceptors (Lipinski definition) is 3. The third-order valence-corrected chi connectivity index (χ3v) is 2.39. The molecule has 0 aliphatic rings. The molecule has 0 bridgehead atoms. The average Bonchev–Trinajstić information content (AvgIpc) is 2.28. The first-order valence-corrected chi connectivity index (χ1v) is 5.37. The van der Waals surface area contributed by atoms with Crippen LogP contribution >= 0.6 is 11.6 Å². The highest BCUT2D eigenvalue weighted by molar-refractivity contribution is 6.32. The first-order chi connectivity index (χ1) is 7.69. The predicted octanol–water partition coefficient (Wildman–Crippen LogP) is 0.966. The zero-order valence-corrected chi connectivity index (χ0v) is 9.88. The third-order valence-electron chi connectivity index (χ3n) is 2.09.